The molecule has 2 aromatic rings. The normalized spacial score (nSPS) is 11.4. The van der Waals surface area contributed by atoms with Crippen LogP contribution < -0.4 is 4.74 Å². The van der Waals surface area contributed by atoms with E-state index in [1.165, 1.54) is 6.07 Å². The van der Waals surface area contributed by atoms with Gasteiger partial charge >= 0.3 is 0 Å². The van der Waals surface area contributed by atoms with Gasteiger partial charge in [-0.25, -0.2) is 8.42 Å². The van der Waals surface area contributed by atoms with Crippen molar-refractivity contribution in [3.05, 3.63) is 58.7 Å². The molecule has 3 nitrogen and oxygen atoms in total. The Hall–Kier alpha value is -1.52. The predicted molar refractivity (Wildman–Crippen MR) is 84.5 cm³/mol. The molecule has 0 bridgehead atoms. The fraction of sp³-hybridized carbons (Fsp3) is 0.250. The van der Waals surface area contributed by atoms with E-state index in [0.717, 1.165) is 22.3 Å². The zero-order valence-corrected chi connectivity index (χ0v) is 13.8. The number of ether oxygens (including phenoxy) is 1. The quantitative estimate of drug-likeness (QED) is 0.795. The molecule has 0 radical (unpaired) electrons. The summed E-state index contributed by atoms with van der Waals surface area (Å²) in [6.45, 7) is 6.10. The summed E-state index contributed by atoms with van der Waals surface area (Å²) >= 11 is 0. The van der Waals surface area contributed by atoms with Gasteiger partial charge in [0.25, 0.3) is 9.05 Å². The lowest BCUT2D eigenvalue weighted by Crippen LogP contribution is -2.02. The maximum absolute atomic E-state index is 11.6. The molecule has 0 aliphatic rings. The Labute approximate surface area is 129 Å². The molecule has 0 aliphatic carbocycles. The standard InChI is InChI=1S/C16H17ClO3S/c1-11-4-6-13(3)14(8-11)10-20-15-7-5-12(2)9-16(15)21(17,18)19/h4-9H,10H2,1-3H3. The molecule has 0 aromatic heterocycles. The van der Waals surface area contributed by atoms with Crippen LogP contribution >= 0.6 is 10.7 Å². The van der Waals surface area contributed by atoms with Crippen LogP contribution in [0.2, 0.25) is 0 Å². The molecule has 0 fully saturated rings. The van der Waals surface area contributed by atoms with E-state index in [0.29, 0.717) is 6.61 Å². The average molecular weight is 325 g/mol. The summed E-state index contributed by atoms with van der Waals surface area (Å²) in [4.78, 5) is 0.00877. The third kappa shape index (κ3) is 3.99. The van der Waals surface area contributed by atoms with Crippen molar-refractivity contribution in [2.75, 3.05) is 0 Å². The molecule has 0 saturated heterocycles. The molecule has 112 valence electrons. The smallest absolute Gasteiger partial charge is 0.264 e. The topological polar surface area (TPSA) is 43.4 Å². The lowest BCUT2D eigenvalue weighted by molar-refractivity contribution is 0.297. The molecule has 0 atom stereocenters. The van der Waals surface area contributed by atoms with Gasteiger partial charge in [0.05, 0.1) is 0 Å². The van der Waals surface area contributed by atoms with Crippen LogP contribution in [0.5, 0.6) is 5.75 Å². The van der Waals surface area contributed by atoms with Gasteiger partial charge in [-0.3, -0.25) is 0 Å². The first-order chi connectivity index (χ1) is 9.77. The minimum absolute atomic E-state index is 0.00877. The predicted octanol–water partition coefficient (Wildman–Crippen LogP) is 4.12. The lowest BCUT2D eigenvalue weighted by atomic mass is 10.1. The second-order valence-corrected chi connectivity index (χ2v) is 7.64. The van der Waals surface area contributed by atoms with Gasteiger partial charge < -0.3 is 4.74 Å². The molecule has 0 aliphatic heterocycles. The Morgan fingerprint density at radius 1 is 1.00 bits per heavy atom. The van der Waals surface area contributed by atoms with Crippen molar-refractivity contribution in [1.82, 2.24) is 0 Å². The van der Waals surface area contributed by atoms with Crippen LogP contribution in [0.1, 0.15) is 22.3 Å². The maximum atomic E-state index is 11.6. The zero-order valence-electron chi connectivity index (χ0n) is 12.2. The van der Waals surface area contributed by atoms with Crippen molar-refractivity contribution in [3.8, 4) is 5.75 Å². The van der Waals surface area contributed by atoms with Gasteiger partial charge in [0.2, 0.25) is 0 Å². The van der Waals surface area contributed by atoms with E-state index in [1.807, 2.05) is 32.0 Å². The van der Waals surface area contributed by atoms with Gasteiger partial charge in [0.15, 0.2) is 0 Å². The number of hydrogen-bond donors (Lipinski definition) is 0. The Kier molecular flexibility index (Phi) is 4.59. The Bertz CT molecular complexity index is 767. The molecule has 0 amide bonds. The van der Waals surface area contributed by atoms with Crippen LogP contribution in [0.3, 0.4) is 0 Å². The summed E-state index contributed by atoms with van der Waals surface area (Å²) in [5.41, 5.74) is 4.07. The van der Waals surface area contributed by atoms with Crippen molar-refractivity contribution in [2.24, 2.45) is 0 Å². The zero-order chi connectivity index (χ0) is 15.6. The molecule has 5 heteroatoms. The van der Waals surface area contributed by atoms with Gasteiger partial charge in [-0.15, -0.1) is 0 Å². The third-order valence-corrected chi connectivity index (χ3v) is 4.59. The fourth-order valence-corrected chi connectivity index (χ4v) is 3.09. The number of hydrogen-bond acceptors (Lipinski definition) is 3. The van der Waals surface area contributed by atoms with Gasteiger partial charge in [-0.2, -0.15) is 0 Å². The van der Waals surface area contributed by atoms with E-state index in [1.54, 1.807) is 19.1 Å². The maximum Gasteiger partial charge on any atom is 0.264 e. The number of benzene rings is 2. The highest BCUT2D eigenvalue weighted by molar-refractivity contribution is 8.13. The number of aryl methyl sites for hydroxylation is 3. The van der Waals surface area contributed by atoms with Crippen LogP contribution in [0.4, 0.5) is 0 Å². The van der Waals surface area contributed by atoms with Crippen LogP contribution in [-0.4, -0.2) is 8.42 Å². The molecule has 2 aromatic carbocycles. The monoisotopic (exact) mass is 324 g/mol. The van der Waals surface area contributed by atoms with Crippen molar-refractivity contribution >= 4 is 19.7 Å². The second kappa shape index (κ2) is 6.08. The van der Waals surface area contributed by atoms with Crippen LogP contribution in [0.15, 0.2) is 41.3 Å². The average Bonchev–Trinajstić information content (AvgIpc) is 2.40. The SMILES string of the molecule is Cc1ccc(C)c(COc2ccc(C)cc2S(=O)(=O)Cl)c1. The van der Waals surface area contributed by atoms with Crippen molar-refractivity contribution in [2.45, 2.75) is 32.3 Å². The largest absolute Gasteiger partial charge is 0.487 e. The first kappa shape index (κ1) is 15.9. The van der Waals surface area contributed by atoms with E-state index >= 15 is 0 Å². The molecule has 0 N–H and O–H groups in total. The molecule has 0 unspecified atom stereocenters. The summed E-state index contributed by atoms with van der Waals surface area (Å²) in [7, 11) is 1.63. The lowest BCUT2D eigenvalue weighted by Gasteiger charge is -2.12. The summed E-state index contributed by atoms with van der Waals surface area (Å²) in [5.74, 6) is 0.275. The molecule has 21 heavy (non-hydrogen) atoms. The van der Waals surface area contributed by atoms with Crippen molar-refractivity contribution in [3.63, 3.8) is 0 Å². The number of halogens is 1. The van der Waals surface area contributed by atoms with Crippen molar-refractivity contribution < 1.29 is 13.2 Å². The first-order valence-corrected chi connectivity index (χ1v) is 8.82. The van der Waals surface area contributed by atoms with E-state index in [9.17, 15) is 8.42 Å². The fourth-order valence-electron chi connectivity index (χ4n) is 2.04. The molecular weight excluding hydrogens is 308 g/mol. The van der Waals surface area contributed by atoms with Gasteiger partial charge in [-0.05, 0) is 49.6 Å². The number of rotatable bonds is 4. The highest BCUT2D eigenvalue weighted by atomic mass is 35.7. The summed E-state index contributed by atoms with van der Waals surface area (Å²) in [6, 6.07) is 11.0. The minimum atomic E-state index is -3.83. The second-order valence-electron chi connectivity index (χ2n) is 5.11. The summed E-state index contributed by atoms with van der Waals surface area (Å²) in [6.07, 6.45) is 0. The molecule has 0 heterocycles. The van der Waals surface area contributed by atoms with E-state index in [2.05, 4.69) is 0 Å². The molecule has 2 rings (SSSR count). The van der Waals surface area contributed by atoms with E-state index in [-0.39, 0.29) is 10.6 Å². The molecule has 0 spiro atoms. The summed E-state index contributed by atoms with van der Waals surface area (Å²) < 4.78 is 28.9. The van der Waals surface area contributed by atoms with E-state index in [4.69, 9.17) is 15.4 Å². The Morgan fingerprint density at radius 2 is 1.62 bits per heavy atom. The third-order valence-electron chi connectivity index (χ3n) is 3.25. The van der Waals surface area contributed by atoms with Crippen molar-refractivity contribution in [1.29, 1.82) is 0 Å². The van der Waals surface area contributed by atoms with Crippen LogP contribution in [-0.2, 0) is 15.7 Å². The molecule has 0 saturated carbocycles. The highest BCUT2D eigenvalue weighted by Crippen LogP contribution is 2.29. The van der Waals surface area contributed by atoms with Crippen LogP contribution in [0, 0.1) is 20.8 Å². The van der Waals surface area contributed by atoms with Gasteiger partial charge in [-0.1, -0.05) is 29.8 Å². The summed E-state index contributed by atoms with van der Waals surface area (Å²) in [5, 5.41) is 0. The van der Waals surface area contributed by atoms with Gasteiger partial charge in [0, 0.05) is 10.7 Å². The Balaban J connectivity index is 2.30. The Morgan fingerprint density at radius 3 is 2.29 bits per heavy atom. The van der Waals surface area contributed by atoms with Crippen LogP contribution in [0.25, 0.3) is 0 Å². The van der Waals surface area contributed by atoms with E-state index < -0.39 is 9.05 Å². The molecular formula is C16H17ClO3S. The first-order valence-electron chi connectivity index (χ1n) is 6.51. The highest BCUT2D eigenvalue weighted by Gasteiger charge is 2.17. The minimum Gasteiger partial charge on any atom is -0.487 e. The van der Waals surface area contributed by atoms with Gasteiger partial charge in [0.1, 0.15) is 17.3 Å².